The van der Waals surface area contributed by atoms with E-state index in [1.165, 1.54) is 6.42 Å². The molecule has 21 heavy (non-hydrogen) atoms. The van der Waals surface area contributed by atoms with Crippen molar-refractivity contribution in [3.8, 4) is 6.07 Å². The van der Waals surface area contributed by atoms with Crippen LogP contribution in [0.2, 0.25) is 0 Å². The van der Waals surface area contributed by atoms with Crippen LogP contribution in [0.15, 0.2) is 30.7 Å². The Labute approximate surface area is 124 Å². The van der Waals surface area contributed by atoms with Crippen LogP contribution in [0.1, 0.15) is 24.2 Å². The molecule has 3 heterocycles. The van der Waals surface area contributed by atoms with Gasteiger partial charge in [-0.25, -0.2) is 9.97 Å². The Bertz CT molecular complexity index is 655. The fraction of sp³-hybridized carbons (Fsp3) is 0.438. The second-order valence-corrected chi connectivity index (χ2v) is 5.57. The van der Waals surface area contributed by atoms with Gasteiger partial charge in [-0.1, -0.05) is 0 Å². The molecule has 0 saturated carbocycles. The average molecular weight is 281 g/mol. The summed E-state index contributed by atoms with van der Waals surface area (Å²) < 4.78 is 2.21. The molecule has 1 unspecified atom stereocenters. The number of hydrogen-bond acceptors (Lipinski definition) is 4. The first-order valence-electron chi connectivity index (χ1n) is 7.35. The summed E-state index contributed by atoms with van der Waals surface area (Å²) in [5.74, 6) is 2.45. The Morgan fingerprint density at radius 2 is 2.29 bits per heavy atom. The van der Waals surface area contributed by atoms with Crippen LogP contribution in [0.4, 0.5) is 5.82 Å². The predicted octanol–water partition coefficient (Wildman–Crippen LogP) is 2.37. The molecule has 0 N–H and O–H groups in total. The van der Waals surface area contributed by atoms with E-state index in [4.69, 9.17) is 0 Å². The van der Waals surface area contributed by atoms with Crippen molar-refractivity contribution >= 4 is 5.82 Å². The first-order valence-corrected chi connectivity index (χ1v) is 7.35. The highest BCUT2D eigenvalue weighted by Crippen LogP contribution is 2.25. The third-order valence-corrected chi connectivity index (χ3v) is 4.10. The van der Waals surface area contributed by atoms with Gasteiger partial charge in [0, 0.05) is 38.2 Å². The number of rotatable bonds is 3. The summed E-state index contributed by atoms with van der Waals surface area (Å²) in [6.07, 6.45) is 8.00. The van der Waals surface area contributed by atoms with E-state index in [0.29, 0.717) is 11.5 Å². The molecule has 1 saturated heterocycles. The number of pyridine rings is 1. The van der Waals surface area contributed by atoms with Crippen LogP contribution in [0, 0.1) is 24.2 Å². The SMILES string of the molecule is Cc1nccn1CC1CCCN(c2ncccc2C#N)C1. The molecule has 0 spiro atoms. The zero-order valence-corrected chi connectivity index (χ0v) is 12.2. The third-order valence-electron chi connectivity index (χ3n) is 4.10. The monoisotopic (exact) mass is 281 g/mol. The van der Waals surface area contributed by atoms with Crippen LogP contribution in [-0.2, 0) is 6.54 Å². The number of aromatic nitrogens is 3. The van der Waals surface area contributed by atoms with Crippen molar-refractivity contribution in [1.82, 2.24) is 14.5 Å². The average Bonchev–Trinajstić information content (AvgIpc) is 2.93. The van der Waals surface area contributed by atoms with Gasteiger partial charge in [0.15, 0.2) is 0 Å². The highest BCUT2D eigenvalue weighted by Gasteiger charge is 2.23. The van der Waals surface area contributed by atoms with Crippen molar-refractivity contribution in [1.29, 1.82) is 5.26 Å². The molecule has 0 aliphatic carbocycles. The van der Waals surface area contributed by atoms with E-state index in [1.807, 2.05) is 31.5 Å². The van der Waals surface area contributed by atoms with Crippen molar-refractivity contribution < 1.29 is 0 Å². The van der Waals surface area contributed by atoms with Crippen LogP contribution >= 0.6 is 0 Å². The molecular formula is C16H19N5. The van der Waals surface area contributed by atoms with Gasteiger partial charge in [0.05, 0.1) is 5.56 Å². The van der Waals surface area contributed by atoms with E-state index in [9.17, 15) is 5.26 Å². The van der Waals surface area contributed by atoms with Gasteiger partial charge in [-0.2, -0.15) is 5.26 Å². The number of nitrogens with zero attached hydrogens (tertiary/aromatic N) is 5. The topological polar surface area (TPSA) is 57.7 Å². The lowest BCUT2D eigenvalue weighted by molar-refractivity contribution is 0.362. The number of hydrogen-bond donors (Lipinski definition) is 0. The van der Waals surface area contributed by atoms with Gasteiger partial charge < -0.3 is 9.47 Å². The predicted molar refractivity (Wildman–Crippen MR) is 80.9 cm³/mol. The Balaban J connectivity index is 1.74. The van der Waals surface area contributed by atoms with Crippen molar-refractivity contribution in [3.63, 3.8) is 0 Å². The van der Waals surface area contributed by atoms with E-state index >= 15 is 0 Å². The highest BCUT2D eigenvalue weighted by molar-refractivity contribution is 5.53. The lowest BCUT2D eigenvalue weighted by Gasteiger charge is -2.34. The second kappa shape index (κ2) is 5.96. The maximum Gasteiger partial charge on any atom is 0.146 e. The minimum Gasteiger partial charge on any atom is -0.355 e. The molecule has 0 radical (unpaired) electrons. The molecule has 1 fully saturated rings. The normalized spacial score (nSPS) is 18.5. The van der Waals surface area contributed by atoms with Crippen LogP contribution < -0.4 is 4.90 Å². The van der Waals surface area contributed by atoms with Crippen molar-refractivity contribution in [3.05, 3.63) is 42.1 Å². The number of nitriles is 1. The summed E-state index contributed by atoms with van der Waals surface area (Å²) in [6.45, 7) is 4.94. The minimum atomic E-state index is 0.570. The summed E-state index contributed by atoms with van der Waals surface area (Å²) in [4.78, 5) is 10.9. The summed E-state index contributed by atoms with van der Waals surface area (Å²) in [7, 11) is 0. The number of anilines is 1. The summed E-state index contributed by atoms with van der Waals surface area (Å²) in [6, 6.07) is 5.90. The van der Waals surface area contributed by atoms with Crippen molar-refractivity contribution in [2.45, 2.75) is 26.3 Å². The summed E-state index contributed by atoms with van der Waals surface area (Å²) >= 11 is 0. The number of imidazole rings is 1. The Kier molecular flexibility index (Phi) is 3.87. The lowest BCUT2D eigenvalue weighted by Crippen LogP contribution is -2.38. The molecule has 0 bridgehead atoms. The molecule has 108 valence electrons. The minimum absolute atomic E-state index is 0.570. The van der Waals surface area contributed by atoms with Gasteiger partial charge in [-0.3, -0.25) is 0 Å². The zero-order chi connectivity index (χ0) is 14.7. The quantitative estimate of drug-likeness (QED) is 0.866. The van der Waals surface area contributed by atoms with Crippen LogP contribution in [0.25, 0.3) is 0 Å². The van der Waals surface area contributed by atoms with Crippen molar-refractivity contribution in [2.24, 2.45) is 5.92 Å². The molecule has 0 amide bonds. The molecule has 5 heteroatoms. The van der Waals surface area contributed by atoms with Gasteiger partial charge >= 0.3 is 0 Å². The van der Waals surface area contributed by atoms with E-state index in [1.54, 1.807) is 6.20 Å². The Hall–Kier alpha value is -2.35. The largest absolute Gasteiger partial charge is 0.355 e. The van der Waals surface area contributed by atoms with E-state index in [0.717, 1.165) is 37.7 Å². The first-order chi connectivity index (χ1) is 10.3. The molecule has 1 aliphatic rings. The molecule has 5 nitrogen and oxygen atoms in total. The summed E-state index contributed by atoms with van der Waals surface area (Å²) in [5.41, 5.74) is 0.664. The Morgan fingerprint density at radius 3 is 3.05 bits per heavy atom. The summed E-state index contributed by atoms with van der Waals surface area (Å²) in [5, 5.41) is 9.23. The van der Waals surface area contributed by atoms with Gasteiger partial charge in [0.25, 0.3) is 0 Å². The van der Waals surface area contributed by atoms with Gasteiger partial charge in [-0.15, -0.1) is 0 Å². The maximum absolute atomic E-state index is 9.23. The zero-order valence-electron chi connectivity index (χ0n) is 12.2. The third kappa shape index (κ3) is 2.89. The van der Waals surface area contributed by atoms with Crippen LogP contribution in [-0.4, -0.2) is 27.6 Å². The van der Waals surface area contributed by atoms with E-state index in [-0.39, 0.29) is 0 Å². The lowest BCUT2D eigenvalue weighted by atomic mass is 9.97. The smallest absolute Gasteiger partial charge is 0.146 e. The standard InChI is InChI=1S/C16H19N5/c1-13-18-7-9-20(13)11-14-4-3-8-21(12-14)16-15(10-17)5-2-6-19-16/h2,5-7,9,14H,3-4,8,11-12H2,1H3. The molecule has 1 aliphatic heterocycles. The van der Waals surface area contributed by atoms with Gasteiger partial charge in [-0.05, 0) is 37.8 Å². The Morgan fingerprint density at radius 1 is 1.38 bits per heavy atom. The van der Waals surface area contributed by atoms with E-state index in [2.05, 4.69) is 25.5 Å². The van der Waals surface area contributed by atoms with Gasteiger partial charge in [0.2, 0.25) is 0 Å². The molecule has 2 aromatic heterocycles. The molecule has 1 atom stereocenters. The van der Waals surface area contributed by atoms with Gasteiger partial charge in [0.1, 0.15) is 17.7 Å². The molecule has 2 aromatic rings. The van der Waals surface area contributed by atoms with Crippen LogP contribution in [0.5, 0.6) is 0 Å². The molecule has 0 aromatic carbocycles. The fourth-order valence-electron chi connectivity index (χ4n) is 3.02. The van der Waals surface area contributed by atoms with Crippen molar-refractivity contribution in [2.75, 3.05) is 18.0 Å². The molecular weight excluding hydrogens is 262 g/mol. The van der Waals surface area contributed by atoms with Crippen LogP contribution in [0.3, 0.4) is 0 Å². The second-order valence-electron chi connectivity index (χ2n) is 5.57. The first kappa shape index (κ1) is 13.6. The fourth-order valence-corrected chi connectivity index (χ4v) is 3.02. The molecule has 3 rings (SSSR count). The van der Waals surface area contributed by atoms with E-state index < -0.39 is 0 Å². The highest BCUT2D eigenvalue weighted by atomic mass is 15.2. The number of piperidine rings is 1. The maximum atomic E-state index is 9.23. The number of aryl methyl sites for hydroxylation is 1.